The molecule has 2 N–H and O–H groups in total. The molecule has 130 valence electrons. The van der Waals surface area contributed by atoms with Gasteiger partial charge in [0.1, 0.15) is 0 Å². The second-order valence-corrected chi connectivity index (χ2v) is 6.52. The third-order valence-electron chi connectivity index (χ3n) is 4.60. The van der Waals surface area contributed by atoms with Gasteiger partial charge in [0.25, 0.3) is 0 Å². The van der Waals surface area contributed by atoms with E-state index in [2.05, 4.69) is 27.8 Å². The molecule has 6 nitrogen and oxygen atoms in total. The molecule has 1 aromatic heterocycles. The Morgan fingerprint density at radius 1 is 1.46 bits per heavy atom. The summed E-state index contributed by atoms with van der Waals surface area (Å²) in [7, 11) is 0. The Balaban J connectivity index is 1.78. The van der Waals surface area contributed by atoms with E-state index in [0.717, 1.165) is 42.9 Å². The van der Waals surface area contributed by atoms with E-state index in [1.54, 1.807) is 6.92 Å². The Labute approximate surface area is 142 Å². The Kier molecular flexibility index (Phi) is 5.04. The number of fused-ring (bicyclic) bond motifs is 1. The van der Waals surface area contributed by atoms with Crippen LogP contribution in [0.1, 0.15) is 26.7 Å². The highest BCUT2D eigenvalue weighted by molar-refractivity contribution is 5.81. The predicted molar refractivity (Wildman–Crippen MR) is 95.0 cm³/mol. The van der Waals surface area contributed by atoms with Crippen LogP contribution in [0.15, 0.2) is 24.3 Å². The monoisotopic (exact) mass is 330 g/mol. The molecule has 0 saturated carbocycles. The van der Waals surface area contributed by atoms with E-state index in [0.29, 0.717) is 13.1 Å². The van der Waals surface area contributed by atoms with Gasteiger partial charge in [0, 0.05) is 26.2 Å². The molecule has 1 aromatic carbocycles. The number of hydrogen-bond acceptors (Lipinski definition) is 4. The van der Waals surface area contributed by atoms with Crippen LogP contribution in [0, 0.1) is 5.92 Å². The summed E-state index contributed by atoms with van der Waals surface area (Å²) in [6.45, 7) is 6.55. The molecule has 1 fully saturated rings. The summed E-state index contributed by atoms with van der Waals surface area (Å²) < 4.78 is 2.21. The second-order valence-electron chi connectivity index (χ2n) is 6.52. The summed E-state index contributed by atoms with van der Waals surface area (Å²) in [6, 6.07) is 8.15. The molecule has 0 unspecified atom stereocenters. The predicted octanol–water partition coefficient (Wildman–Crippen LogP) is 1.77. The number of para-hydroxylation sites is 2. The SMILES string of the molecule is CCn1c(N2CCC[C@@H](C(=O)NC[C@@H](C)O)C2)nc2ccccc21. The quantitative estimate of drug-likeness (QED) is 0.876. The van der Waals surface area contributed by atoms with Crippen LogP contribution in [0.3, 0.4) is 0 Å². The molecule has 2 aromatic rings. The maximum atomic E-state index is 12.3. The minimum atomic E-state index is -0.516. The zero-order valence-corrected chi connectivity index (χ0v) is 14.4. The number of aryl methyl sites for hydroxylation is 1. The fraction of sp³-hybridized carbons (Fsp3) is 0.556. The molecule has 3 rings (SSSR count). The van der Waals surface area contributed by atoms with E-state index in [1.165, 1.54) is 0 Å². The highest BCUT2D eigenvalue weighted by Crippen LogP contribution is 2.27. The van der Waals surface area contributed by atoms with E-state index in [4.69, 9.17) is 4.98 Å². The van der Waals surface area contributed by atoms with Gasteiger partial charge in [0.05, 0.1) is 23.1 Å². The van der Waals surface area contributed by atoms with E-state index in [9.17, 15) is 9.90 Å². The lowest BCUT2D eigenvalue weighted by atomic mass is 9.97. The van der Waals surface area contributed by atoms with Crippen LogP contribution in [-0.4, -0.2) is 46.3 Å². The number of benzene rings is 1. The fourth-order valence-corrected chi connectivity index (χ4v) is 3.38. The van der Waals surface area contributed by atoms with E-state index < -0.39 is 6.10 Å². The van der Waals surface area contributed by atoms with Crippen LogP contribution < -0.4 is 10.2 Å². The molecule has 2 heterocycles. The highest BCUT2D eigenvalue weighted by atomic mass is 16.3. The molecule has 1 aliphatic heterocycles. The van der Waals surface area contributed by atoms with Gasteiger partial charge in [-0.3, -0.25) is 4.79 Å². The smallest absolute Gasteiger partial charge is 0.224 e. The third kappa shape index (κ3) is 3.38. The van der Waals surface area contributed by atoms with Gasteiger partial charge in [-0.05, 0) is 38.8 Å². The molecular formula is C18H26N4O2. The molecule has 1 saturated heterocycles. The van der Waals surface area contributed by atoms with Crippen molar-refractivity contribution in [2.24, 2.45) is 5.92 Å². The summed E-state index contributed by atoms with van der Waals surface area (Å²) in [6.07, 6.45) is 1.34. The summed E-state index contributed by atoms with van der Waals surface area (Å²) in [5.74, 6) is 0.925. The third-order valence-corrected chi connectivity index (χ3v) is 4.60. The average molecular weight is 330 g/mol. The number of aliphatic hydroxyl groups is 1. The summed E-state index contributed by atoms with van der Waals surface area (Å²) in [5.41, 5.74) is 2.13. The van der Waals surface area contributed by atoms with Gasteiger partial charge in [-0.25, -0.2) is 4.98 Å². The number of piperidine rings is 1. The first-order valence-electron chi connectivity index (χ1n) is 8.76. The van der Waals surface area contributed by atoms with Crippen molar-refractivity contribution in [1.82, 2.24) is 14.9 Å². The number of rotatable bonds is 5. The van der Waals surface area contributed by atoms with Gasteiger partial charge in [0.2, 0.25) is 11.9 Å². The topological polar surface area (TPSA) is 70.4 Å². The van der Waals surface area contributed by atoms with Crippen LogP contribution >= 0.6 is 0 Å². The Morgan fingerprint density at radius 3 is 3.00 bits per heavy atom. The van der Waals surface area contributed by atoms with Crippen molar-refractivity contribution in [2.45, 2.75) is 39.3 Å². The van der Waals surface area contributed by atoms with Crippen LogP contribution in [0.25, 0.3) is 11.0 Å². The standard InChI is InChI=1S/C18H26N4O2/c1-3-22-16-9-5-4-8-15(16)20-18(22)21-10-6-7-14(12-21)17(24)19-11-13(2)23/h4-5,8-9,13-14,23H,3,6-7,10-12H2,1-2H3,(H,19,24)/t13-,14-/m1/s1. The molecule has 1 aliphatic rings. The number of nitrogens with zero attached hydrogens (tertiary/aromatic N) is 3. The number of nitrogens with one attached hydrogen (secondary N) is 1. The normalized spacial score (nSPS) is 19.5. The number of aromatic nitrogens is 2. The number of aliphatic hydroxyl groups excluding tert-OH is 1. The number of carbonyl (C=O) groups is 1. The van der Waals surface area contributed by atoms with Gasteiger partial charge in [0.15, 0.2) is 0 Å². The largest absolute Gasteiger partial charge is 0.392 e. The lowest BCUT2D eigenvalue weighted by Gasteiger charge is -2.33. The Hall–Kier alpha value is -2.08. The van der Waals surface area contributed by atoms with Gasteiger partial charge < -0.3 is 19.9 Å². The lowest BCUT2D eigenvalue weighted by Crippen LogP contribution is -2.45. The van der Waals surface area contributed by atoms with Crippen LogP contribution in [0.4, 0.5) is 5.95 Å². The lowest BCUT2D eigenvalue weighted by molar-refractivity contribution is -0.125. The van der Waals surface area contributed by atoms with Crippen molar-refractivity contribution in [3.63, 3.8) is 0 Å². The van der Waals surface area contributed by atoms with Crippen LogP contribution in [0.5, 0.6) is 0 Å². The van der Waals surface area contributed by atoms with Crippen molar-refractivity contribution >= 4 is 22.9 Å². The minimum absolute atomic E-state index is 0.0276. The molecular weight excluding hydrogens is 304 g/mol. The number of imidazole rings is 1. The summed E-state index contributed by atoms with van der Waals surface area (Å²) >= 11 is 0. The number of carbonyl (C=O) groups excluding carboxylic acids is 1. The maximum Gasteiger partial charge on any atom is 0.224 e. The maximum absolute atomic E-state index is 12.3. The first-order chi connectivity index (χ1) is 11.6. The number of anilines is 1. The van der Waals surface area contributed by atoms with Crippen molar-refractivity contribution < 1.29 is 9.90 Å². The molecule has 6 heteroatoms. The van der Waals surface area contributed by atoms with Gasteiger partial charge in [-0.1, -0.05) is 12.1 Å². The van der Waals surface area contributed by atoms with Crippen LogP contribution in [-0.2, 0) is 11.3 Å². The second kappa shape index (κ2) is 7.21. The Bertz CT molecular complexity index is 710. The zero-order valence-electron chi connectivity index (χ0n) is 14.4. The zero-order chi connectivity index (χ0) is 17.1. The highest BCUT2D eigenvalue weighted by Gasteiger charge is 2.28. The molecule has 0 aliphatic carbocycles. The minimum Gasteiger partial charge on any atom is -0.392 e. The number of hydrogen-bond donors (Lipinski definition) is 2. The van der Waals surface area contributed by atoms with E-state index >= 15 is 0 Å². The van der Waals surface area contributed by atoms with Crippen molar-refractivity contribution in [1.29, 1.82) is 0 Å². The molecule has 0 radical (unpaired) electrons. The fourth-order valence-electron chi connectivity index (χ4n) is 3.38. The molecule has 2 atom stereocenters. The first kappa shape index (κ1) is 16.8. The molecule has 24 heavy (non-hydrogen) atoms. The van der Waals surface area contributed by atoms with Gasteiger partial charge >= 0.3 is 0 Å². The van der Waals surface area contributed by atoms with Gasteiger partial charge in [-0.2, -0.15) is 0 Å². The van der Waals surface area contributed by atoms with Crippen molar-refractivity contribution in [3.05, 3.63) is 24.3 Å². The molecule has 0 spiro atoms. The molecule has 1 amide bonds. The summed E-state index contributed by atoms with van der Waals surface area (Å²) in [5, 5.41) is 12.2. The van der Waals surface area contributed by atoms with E-state index in [1.807, 2.05) is 18.2 Å². The average Bonchev–Trinajstić information content (AvgIpc) is 2.98. The van der Waals surface area contributed by atoms with Crippen molar-refractivity contribution in [3.8, 4) is 0 Å². The van der Waals surface area contributed by atoms with E-state index in [-0.39, 0.29) is 11.8 Å². The first-order valence-corrected chi connectivity index (χ1v) is 8.76. The molecule has 0 bridgehead atoms. The number of amides is 1. The van der Waals surface area contributed by atoms with Crippen LogP contribution in [0.2, 0.25) is 0 Å². The Morgan fingerprint density at radius 2 is 2.25 bits per heavy atom. The van der Waals surface area contributed by atoms with Gasteiger partial charge in [-0.15, -0.1) is 0 Å². The van der Waals surface area contributed by atoms with Crippen molar-refractivity contribution in [2.75, 3.05) is 24.5 Å². The summed E-state index contributed by atoms with van der Waals surface area (Å²) in [4.78, 5) is 19.3.